The largest absolute Gasteiger partial charge is 0.364 e. The van der Waals surface area contributed by atoms with Crippen LogP contribution in [0, 0.1) is 0 Å². The third kappa shape index (κ3) is 5.75. The predicted octanol–water partition coefficient (Wildman–Crippen LogP) is -0.0340. The zero-order valence-corrected chi connectivity index (χ0v) is 14.6. The average molecular weight is 330 g/mol. The van der Waals surface area contributed by atoms with E-state index in [0.29, 0.717) is 44.8 Å². The van der Waals surface area contributed by atoms with E-state index in [1.807, 2.05) is 14.1 Å². The fraction of sp³-hybridized carbons (Fsp3) is 0.769. The van der Waals surface area contributed by atoms with Gasteiger partial charge in [0.05, 0.1) is 0 Å². The Kier molecular flexibility index (Phi) is 8.48. The normalized spacial score (nSPS) is 10.7. The molecule has 1 aromatic rings. The van der Waals surface area contributed by atoms with Crippen molar-refractivity contribution in [3.63, 3.8) is 0 Å². The number of aromatic nitrogens is 3. The molecule has 0 saturated heterocycles. The van der Waals surface area contributed by atoms with Crippen LogP contribution in [0.15, 0.2) is 0 Å². The maximum Gasteiger partial charge on any atom is 0.235 e. The first-order valence-electron chi connectivity index (χ1n) is 6.96. The van der Waals surface area contributed by atoms with Crippen LogP contribution in [0.25, 0.3) is 0 Å². The fourth-order valence-corrected chi connectivity index (χ4v) is 1.79. The summed E-state index contributed by atoms with van der Waals surface area (Å²) in [5.41, 5.74) is 0. The fourth-order valence-electron chi connectivity index (χ4n) is 1.79. The van der Waals surface area contributed by atoms with E-state index in [1.165, 1.54) is 0 Å². The molecule has 23 heavy (non-hydrogen) atoms. The van der Waals surface area contributed by atoms with Crippen LogP contribution in [-0.2, 0) is 18.9 Å². The molecule has 1 rings (SSSR count). The number of rotatable bonds is 11. The number of ether oxygens (including phenoxy) is 4. The predicted molar refractivity (Wildman–Crippen MR) is 86.6 cm³/mol. The van der Waals surface area contributed by atoms with Gasteiger partial charge in [-0.2, -0.15) is 15.0 Å². The first-order valence-corrected chi connectivity index (χ1v) is 6.96. The lowest BCUT2D eigenvalue weighted by Gasteiger charge is -2.25. The summed E-state index contributed by atoms with van der Waals surface area (Å²) in [7, 11) is 10.1. The van der Waals surface area contributed by atoms with Crippen molar-refractivity contribution >= 4 is 17.8 Å². The SMILES string of the molecule is COCN(C)c1nc(N(C)COC)nc(N(COC)COC)n1. The van der Waals surface area contributed by atoms with Crippen molar-refractivity contribution in [1.82, 2.24) is 15.0 Å². The molecule has 10 nitrogen and oxygen atoms in total. The van der Waals surface area contributed by atoms with Gasteiger partial charge in [-0.1, -0.05) is 0 Å². The second-order valence-corrected chi connectivity index (χ2v) is 4.84. The van der Waals surface area contributed by atoms with Gasteiger partial charge in [-0.05, 0) is 0 Å². The second-order valence-electron chi connectivity index (χ2n) is 4.84. The molecule has 0 bridgehead atoms. The van der Waals surface area contributed by atoms with E-state index in [2.05, 4.69) is 15.0 Å². The molecule has 1 heterocycles. The maximum atomic E-state index is 5.18. The van der Waals surface area contributed by atoms with Gasteiger partial charge in [-0.15, -0.1) is 0 Å². The van der Waals surface area contributed by atoms with Gasteiger partial charge in [0.25, 0.3) is 0 Å². The van der Waals surface area contributed by atoms with Crippen molar-refractivity contribution in [3.8, 4) is 0 Å². The van der Waals surface area contributed by atoms with Crippen molar-refractivity contribution in [3.05, 3.63) is 0 Å². The Balaban J connectivity index is 3.20. The first-order chi connectivity index (χ1) is 11.1. The average Bonchev–Trinajstić information content (AvgIpc) is 2.54. The molecule has 132 valence electrons. The van der Waals surface area contributed by atoms with E-state index in [0.717, 1.165) is 0 Å². The van der Waals surface area contributed by atoms with Crippen LogP contribution in [0.3, 0.4) is 0 Å². The van der Waals surface area contributed by atoms with E-state index in [1.54, 1.807) is 43.1 Å². The summed E-state index contributed by atoms with van der Waals surface area (Å²) in [6.07, 6.45) is 0. The van der Waals surface area contributed by atoms with E-state index in [4.69, 9.17) is 18.9 Å². The summed E-state index contributed by atoms with van der Waals surface area (Å²) in [5, 5.41) is 0. The summed E-state index contributed by atoms with van der Waals surface area (Å²) < 4.78 is 20.6. The minimum atomic E-state index is 0.290. The lowest BCUT2D eigenvalue weighted by Crippen LogP contribution is -2.32. The van der Waals surface area contributed by atoms with Crippen LogP contribution in [0.5, 0.6) is 0 Å². The summed E-state index contributed by atoms with van der Waals surface area (Å²) in [6.45, 7) is 1.29. The number of hydrogen-bond donors (Lipinski definition) is 0. The zero-order valence-electron chi connectivity index (χ0n) is 14.6. The van der Waals surface area contributed by atoms with Gasteiger partial charge in [-0.3, -0.25) is 4.90 Å². The van der Waals surface area contributed by atoms with Crippen molar-refractivity contribution in [2.24, 2.45) is 0 Å². The molecule has 0 aliphatic carbocycles. The highest BCUT2D eigenvalue weighted by molar-refractivity contribution is 5.45. The monoisotopic (exact) mass is 330 g/mol. The molecular formula is C13H26N6O4. The molecule has 0 radical (unpaired) electrons. The molecule has 0 aliphatic rings. The van der Waals surface area contributed by atoms with Gasteiger partial charge in [0.15, 0.2) is 0 Å². The van der Waals surface area contributed by atoms with Gasteiger partial charge >= 0.3 is 0 Å². The topological polar surface area (TPSA) is 85.3 Å². The Hall–Kier alpha value is -1.75. The number of anilines is 3. The van der Waals surface area contributed by atoms with Crippen molar-refractivity contribution in [2.75, 3.05) is 84.2 Å². The quantitative estimate of drug-likeness (QED) is 0.515. The third-order valence-electron chi connectivity index (χ3n) is 2.78. The Bertz CT molecular complexity index is 428. The minimum absolute atomic E-state index is 0.290. The Morgan fingerprint density at radius 1 is 0.609 bits per heavy atom. The second kappa shape index (κ2) is 10.1. The molecule has 0 amide bonds. The summed E-state index contributed by atoms with van der Waals surface area (Å²) in [5.74, 6) is 1.40. The molecule has 0 atom stereocenters. The standard InChI is InChI=1S/C13H26N6O4/c1-17(7-20-3)11-14-12(18(2)8-21-4)16-13(15-11)19(9-22-5)10-23-6/h7-10H2,1-6H3. The zero-order chi connectivity index (χ0) is 17.2. The highest BCUT2D eigenvalue weighted by Crippen LogP contribution is 2.18. The highest BCUT2D eigenvalue weighted by atomic mass is 16.5. The molecular weight excluding hydrogens is 304 g/mol. The van der Waals surface area contributed by atoms with Crippen LogP contribution >= 0.6 is 0 Å². The molecule has 0 spiro atoms. The molecule has 0 fully saturated rings. The van der Waals surface area contributed by atoms with Crippen molar-refractivity contribution in [1.29, 1.82) is 0 Å². The van der Waals surface area contributed by atoms with Gasteiger partial charge in [-0.25, -0.2) is 0 Å². The first kappa shape index (κ1) is 19.3. The van der Waals surface area contributed by atoms with E-state index >= 15 is 0 Å². The lowest BCUT2D eigenvalue weighted by atomic mass is 10.6. The molecule has 0 saturated carbocycles. The summed E-state index contributed by atoms with van der Waals surface area (Å²) in [4.78, 5) is 18.6. The molecule has 0 aliphatic heterocycles. The van der Waals surface area contributed by atoms with E-state index in [9.17, 15) is 0 Å². The van der Waals surface area contributed by atoms with E-state index < -0.39 is 0 Å². The molecule has 0 unspecified atom stereocenters. The molecule has 0 aromatic carbocycles. The summed E-state index contributed by atoms with van der Waals surface area (Å²) in [6, 6.07) is 0. The number of hydrogen-bond acceptors (Lipinski definition) is 10. The van der Waals surface area contributed by atoms with Crippen LogP contribution in [0.1, 0.15) is 0 Å². The van der Waals surface area contributed by atoms with Crippen LogP contribution < -0.4 is 14.7 Å². The minimum Gasteiger partial charge on any atom is -0.364 e. The summed E-state index contributed by atoms with van der Waals surface area (Å²) >= 11 is 0. The smallest absolute Gasteiger partial charge is 0.235 e. The Morgan fingerprint density at radius 3 is 1.30 bits per heavy atom. The van der Waals surface area contributed by atoms with Crippen molar-refractivity contribution in [2.45, 2.75) is 0 Å². The maximum absolute atomic E-state index is 5.18. The molecule has 0 N–H and O–H groups in total. The van der Waals surface area contributed by atoms with Gasteiger partial charge < -0.3 is 28.7 Å². The molecule has 10 heteroatoms. The number of nitrogens with zero attached hydrogens (tertiary/aromatic N) is 6. The Morgan fingerprint density at radius 2 is 0.957 bits per heavy atom. The molecule has 1 aromatic heterocycles. The van der Waals surface area contributed by atoms with E-state index in [-0.39, 0.29) is 0 Å². The van der Waals surface area contributed by atoms with Crippen LogP contribution in [0.2, 0.25) is 0 Å². The number of methoxy groups -OCH3 is 4. The van der Waals surface area contributed by atoms with Gasteiger partial charge in [0, 0.05) is 42.5 Å². The van der Waals surface area contributed by atoms with Gasteiger partial charge in [0.2, 0.25) is 17.8 Å². The van der Waals surface area contributed by atoms with Gasteiger partial charge in [0.1, 0.15) is 26.9 Å². The van der Waals surface area contributed by atoms with Crippen LogP contribution in [0.4, 0.5) is 17.8 Å². The van der Waals surface area contributed by atoms with Crippen molar-refractivity contribution < 1.29 is 18.9 Å². The lowest BCUT2D eigenvalue weighted by molar-refractivity contribution is 0.138. The van der Waals surface area contributed by atoms with Crippen LogP contribution in [-0.4, -0.2) is 84.4 Å². The Labute approximate surface area is 136 Å². The third-order valence-corrected chi connectivity index (χ3v) is 2.78. The highest BCUT2D eigenvalue weighted by Gasteiger charge is 2.17.